The minimum atomic E-state index is 0.168. The van der Waals surface area contributed by atoms with E-state index in [9.17, 15) is 4.79 Å². The number of carbonyl (C=O) groups is 1. The minimum Gasteiger partial charge on any atom is -0.341 e. The summed E-state index contributed by atoms with van der Waals surface area (Å²) in [5.74, 6) is 1.73. The van der Waals surface area contributed by atoms with Gasteiger partial charge in [-0.2, -0.15) is 12.6 Å². The Morgan fingerprint density at radius 2 is 1.71 bits per heavy atom. The number of piperidine rings is 1. The van der Waals surface area contributed by atoms with Crippen molar-refractivity contribution in [1.29, 1.82) is 0 Å². The van der Waals surface area contributed by atoms with Crippen LogP contribution in [-0.2, 0) is 4.79 Å². The van der Waals surface area contributed by atoms with E-state index in [-0.39, 0.29) is 11.7 Å². The molecule has 2 fully saturated rings. The number of allylic oxidation sites excluding steroid dienone is 1. The van der Waals surface area contributed by atoms with Gasteiger partial charge in [-0.3, -0.25) is 4.79 Å². The summed E-state index contributed by atoms with van der Waals surface area (Å²) in [7, 11) is 0. The Balaban J connectivity index is 1.57. The number of carbonyl (C=O) groups excluding carboxylic acids is 1. The van der Waals surface area contributed by atoms with Gasteiger partial charge >= 0.3 is 0 Å². The third kappa shape index (κ3) is 4.00. The molecule has 1 aromatic rings. The Kier molecular flexibility index (Phi) is 5.59. The van der Waals surface area contributed by atoms with Gasteiger partial charge in [0, 0.05) is 36.7 Å². The fourth-order valence-corrected chi connectivity index (χ4v) is 4.04. The first-order valence-corrected chi connectivity index (χ1v) is 9.51. The summed E-state index contributed by atoms with van der Waals surface area (Å²) in [6.45, 7) is 7.58. The number of nitrogens with zero attached hydrogens (tertiary/aromatic N) is 3. The molecule has 1 saturated carbocycles. The molecule has 2 aliphatic rings. The number of ketones is 1. The van der Waals surface area contributed by atoms with Crippen LogP contribution in [0.3, 0.4) is 0 Å². The molecule has 0 radical (unpaired) electrons. The van der Waals surface area contributed by atoms with Crippen LogP contribution in [0.15, 0.2) is 24.5 Å². The van der Waals surface area contributed by atoms with Crippen LogP contribution in [0.2, 0.25) is 0 Å². The molecule has 4 nitrogen and oxygen atoms in total. The van der Waals surface area contributed by atoms with Crippen molar-refractivity contribution >= 4 is 24.4 Å². The summed E-state index contributed by atoms with van der Waals surface area (Å²) < 4.78 is 0. The highest BCUT2D eigenvalue weighted by atomic mass is 32.1. The molecule has 0 N–H and O–H groups in total. The average molecular weight is 346 g/mol. The molecule has 0 amide bonds. The maximum atomic E-state index is 12.0. The predicted octanol–water partition coefficient (Wildman–Crippen LogP) is 3.79. The van der Waals surface area contributed by atoms with E-state index in [1.807, 2.05) is 19.3 Å². The van der Waals surface area contributed by atoms with Crippen LogP contribution in [0.4, 0.5) is 5.95 Å². The monoisotopic (exact) mass is 345 g/mol. The summed E-state index contributed by atoms with van der Waals surface area (Å²) >= 11 is 4.54. The lowest BCUT2D eigenvalue weighted by Gasteiger charge is -2.30. The molecule has 0 atom stereocenters. The van der Waals surface area contributed by atoms with Gasteiger partial charge in [-0.1, -0.05) is 6.58 Å². The second-order valence-corrected chi connectivity index (χ2v) is 7.96. The highest BCUT2D eigenvalue weighted by Crippen LogP contribution is 2.36. The van der Waals surface area contributed by atoms with Gasteiger partial charge in [0.05, 0.1) is 0 Å². The van der Waals surface area contributed by atoms with Gasteiger partial charge in [-0.15, -0.1) is 0 Å². The van der Waals surface area contributed by atoms with Crippen molar-refractivity contribution in [3.63, 3.8) is 0 Å². The molecule has 130 valence electrons. The maximum absolute atomic E-state index is 12.0. The lowest BCUT2D eigenvalue weighted by atomic mass is 9.77. The highest BCUT2D eigenvalue weighted by molar-refractivity contribution is 7.80. The molecule has 1 aliphatic heterocycles. The van der Waals surface area contributed by atoms with Crippen molar-refractivity contribution in [2.24, 2.45) is 5.92 Å². The van der Waals surface area contributed by atoms with Crippen LogP contribution < -0.4 is 4.90 Å². The van der Waals surface area contributed by atoms with E-state index in [0.29, 0.717) is 16.7 Å². The third-order valence-corrected chi connectivity index (χ3v) is 5.91. The second-order valence-electron chi connectivity index (χ2n) is 7.23. The normalized spacial score (nSPS) is 25.5. The van der Waals surface area contributed by atoms with E-state index in [1.54, 1.807) is 0 Å². The summed E-state index contributed by atoms with van der Waals surface area (Å²) in [5, 5.41) is 0.512. The van der Waals surface area contributed by atoms with Crippen LogP contribution in [0.25, 0.3) is 0 Å². The van der Waals surface area contributed by atoms with Crippen LogP contribution in [-0.4, -0.2) is 34.1 Å². The minimum absolute atomic E-state index is 0.168. The first-order chi connectivity index (χ1) is 11.5. The molecular formula is C19H27N3OS. The first-order valence-electron chi connectivity index (χ1n) is 8.99. The van der Waals surface area contributed by atoms with Crippen molar-refractivity contribution in [1.82, 2.24) is 9.97 Å². The standard InChI is InChI=1S/C19H27N3OS/c1-13(2)18(23)15-5-3-14(4-6-15)16-11-20-19(21-12-16)22-9-7-17(24)8-10-22/h11-12,14-15,17,24H,1,3-10H2,2H3. The smallest absolute Gasteiger partial charge is 0.225 e. The zero-order chi connectivity index (χ0) is 17.1. The topological polar surface area (TPSA) is 46.1 Å². The first kappa shape index (κ1) is 17.5. The van der Waals surface area contributed by atoms with E-state index >= 15 is 0 Å². The van der Waals surface area contributed by atoms with Crippen LogP contribution in [0.5, 0.6) is 0 Å². The SMILES string of the molecule is C=C(C)C(=O)C1CCC(c2cnc(N3CCC(S)CC3)nc2)CC1. The van der Waals surface area contributed by atoms with Gasteiger partial charge < -0.3 is 4.90 Å². The summed E-state index contributed by atoms with van der Waals surface area (Å²) in [6.07, 6.45) is 10.1. The van der Waals surface area contributed by atoms with Crippen LogP contribution in [0.1, 0.15) is 56.9 Å². The molecule has 0 aromatic carbocycles. The number of hydrogen-bond donors (Lipinski definition) is 1. The zero-order valence-corrected chi connectivity index (χ0v) is 15.3. The Hall–Kier alpha value is -1.36. The zero-order valence-electron chi connectivity index (χ0n) is 14.4. The fourth-order valence-electron chi connectivity index (χ4n) is 3.81. The highest BCUT2D eigenvalue weighted by Gasteiger charge is 2.27. The van der Waals surface area contributed by atoms with Gasteiger partial charge in [-0.25, -0.2) is 9.97 Å². The van der Waals surface area contributed by atoms with E-state index < -0.39 is 0 Å². The second kappa shape index (κ2) is 7.68. The van der Waals surface area contributed by atoms with E-state index in [0.717, 1.165) is 57.6 Å². The van der Waals surface area contributed by atoms with E-state index in [4.69, 9.17) is 0 Å². The molecule has 1 saturated heterocycles. The average Bonchev–Trinajstić information content (AvgIpc) is 2.62. The quantitative estimate of drug-likeness (QED) is 0.666. The summed E-state index contributed by atoms with van der Waals surface area (Å²) in [5.41, 5.74) is 1.90. The van der Waals surface area contributed by atoms with Crippen molar-refractivity contribution in [3.05, 3.63) is 30.1 Å². The number of thiol groups is 1. The van der Waals surface area contributed by atoms with Gasteiger partial charge in [-0.05, 0) is 62.5 Å². The Morgan fingerprint density at radius 1 is 1.12 bits per heavy atom. The molecule has 0 unspecified atom stereocenters. The Morgan fingerprint density at radius 3 is 2.25 bits per heavy atom. The Labute approximate surface area is 150 Å². The van der Waals surface area contributed by atoms with Gasteiger partial charge in [0.1, 0.15) is 0 Å². The predicted molar refractivity (Wildman–Crippen MR) is 101 cm³/mol. The maximum Gasteiger partial charge on any atom is 0.225 e. The molecular weight excluding hydrogens is 318 g/mol. The van der Waals surface area contributed by atoms with Gasteiger partial charge in [0.15, 0.2) is 5.78 Å². The number of hydrogen-bond acceptors (Lipinski definition) is 5. The fraction of sp³-hybridized carbons (Fsp3) is 0.632. The molecule has 1 aromatic heterocycles. The van der Waals surface area contributed by atoms with Crippen molar-refractivity contribution in [2.75, 3.05) is 18.0 Å². The van der Waals surface area contributed by atoms with Crippen LogP contribution in [0, 0.1) is 5.92 Å². The molecule has 0 bridgehead atoms. The van der Waals surface area contributed by atoms with Crippen LogP contribution >= 0.6 is 12.6 Å². The van der Waals surface area contributed by atoms with Gasteiger partial charge in [0.2, 0.25) is 5.95 Å². The van der Waals surface area contributed by atoms with Gasteiger partial charge in [0.25, 0.3) is 0 Å². The molecule has 2 heterocycles. The number of anilines is 1. The number of aromatic nitrogens is 2. The third-order valence-electron chi connectivity index (χ3n) is 5.40. The molecule has 5 heteroatoms. The number of Topliss-reactive ketones (excluding diaryl/α,β-unsaturated/α-hetero) is 1. The summed E-state index contributed by atoms with van der Waals surface area (Å²) in [6, 6.07) is 0. The largest absolute Gasteiger partial charge is 0.341 e. The molecule has 1 aliphatic carbocycles. The van der Waals surface area contributed by atoms with Crippen molar-refractivity contribution in [3.8, 4) is 0 Å². The molecule has 24 heavy (non-hydrogen) atoms. The van der Waals surface area contributed by atoms with E-state index in [1.165, 1.54) is 5.56 Å². The van der Waals surface area contributed by atoms with Crippen molar-refractivity contribution in [2.45, 2.75) is 56.6 Å². The molecule has 0 spiro atoms. The lowest BCUT2D eigenvalue weighted by molar-refractivity contribution is -0.120. The summed E-state index contributed by atoms with van der Waals surface area (Å²) in [4.78, 5) is 23.5. The van der Waals surface area contributed by atoms with Crippen molar-refractivity contribution < 1.29 is 4.79 Å². The van der Waals surface area contributed by atoms with E-state index in [2.05, 4.69) is 34.1 Å². The Bertz CT molecular complexity index is 585. The lowest BCUT2D eigenvalue weighted by Crippen LogP contribution is -2.35. The number of rotatable bonds is 4. The molecule has 3 rings (SSSR count).